The standard InChI is InChI=1S/C27H18F4N4O/c1-16-20(4-2-12-32-16)24-15-33-25-21(5-3-13-35(24)25)17-6-11-23(27(29,30)31)22(14-17)26(36)34-19-9-7-18(28)8-10-19/h2-15H,1H3,(H,34,36). The number of pyridine rings is 2. The van der Waals surface area contributed by atoms with Crippen LogP contribution in [0.2, 0.25) is 0 Å². The van der Waals surface area contributed by atoms with Gasteiger partial charge in [0.1, 0.15) is 11.5 Å². The predicted octanol–water partition coefficient (Wildman–Crippen LogP) is 6.78. The van der Waals surface area contributed by atoms with E-state index in [4.69, 9.17) is 0 Å². The third kappa shape index (κ3) is 4.31. The molecule has 0 fully saturated rings. The van der Waals surface area contributed by atoms with Gasteiger partial charge in [0.15, 0.2) is 0 Å². The second-order valence-corrected chi connectivity index (χ2v) is 8.11. The zero-order chi connectivity index (χ0) is 25.4. The molecule has 0 saturated heterocycles. The van der Waals surface area contributed by atoms with Crippen molar-refractivity contribution in [2.45, 2.75) is 13.1 Å². The third-order valence-corrected chi connectivity index (χ3v) is 5.80. The lowest BCUT2D eigenvalue weighted by atomic mass is 9.98. The van der Waals surface area contributed by atoms with E-state index in [2.05, 4.69) is 15.3 Å². The summed E-state index contributed by atoms with van der Waals surface area (Å²) in [7, 11) is 0. The molecule has 0 unspecified atom stereocenters. The minimum absolute atomic E-state index is 0.173. The van der Waals surface area contributed by atoms with Gasteiger partial charge in [-0.1, -0.05) is 6.07 Å². The molecule has 1 N–H and O–H groups in total. The summed E-state index contributed by atoms with van der Waals surface area (Å²) in [6, 6.07) is 15.4. The largest absolute Gasteiger partial charge is 0.417 e. The SMILES string of the molecule is Cc1ncccc1-c1cnc2c(-c3ccc(C(F)(F)F)c(C(=O)Nc4ccc(F)cc4)c3)cccn12. The van der Waals surface area contributed by atoms with Gasteiger partial charge in [0.2, 0.25) is 0 Å². The van der Waals surface area contributed by atoms with Crippen LogP contribution in [0.25, 0.3) is 28.0 Å². The van der Waals surface area contributed by atoms with Crippen LogP contribution < -0.4 is 5.32 Å². The van der Waals surface area contributed by atoms with E-state index in [-0.39, 0.29) is 5.69 Å². The van der Waals surface area contributed by atoms with Gasteiger partial charge in [-0.25, -0.2) is 9.37 Å². The number of hydrogen-bond acceptors (Lipinski definition) is 3. The van der Waals surface area contributed by atoms with Crippen LogP contribution in [-0.4, -0.2) is 20.3 Å². The molecule has 5 rings (SSSR count). The fourth-order valence-corrected chi connectivity index (χ4v) is 4.07. The first kappa shape index (κ1) is 23.2. The normalized spacial score (nSPS) is 11.6. The molecule has 0 bridgehead atoms. The first-order valence-electron chi connectivity index (χ1n) is 10.9. The van der Waals surface area contributed by atoms with E-state index in [1.165, 1.54) is 24.3 Å². The average Bonchev–Trinajstić information content (AvgIpc) is 3.29. The maximum absolute atomic E-state index is 13.8. The lowest BCUT2D eigenvalue weighted by Crippen LogP contribution is -2.19. The first-order chi connectivity index (χ1) is 17.2. The van der Waals surface area contributed by atoms with Crippen LogP contribution >= 0.6 is 0 Å². The number of anilines is 1. The van der Waals surface area contributed by atoms with Crippen LogP contribution in [0.15, 0.2) is 85.3 Å². The number of carbonyl (C=O) groups excluding carboxylic acids is 1. The Morgan fingerprint density at radius 2 is 1.69 bits per heavy atom. The highest BCUT2D eigenvalue weighted by Gasteiger charge is 2.35. The van der Waals surface area contributed by atoms with Gasteiger partial charge in [-0.15, -0.1) is 0 Å². The molecule has 5 nitrogen and oxygen atoms in total. The number of aryl methyl sites for hydroxylation is 1. The highest BCUT2D eigenvalue weighted by molar-refractivity contribution is 6.06. The van der Waals surface area contributed by atoms with Crippen LogP contribution in [0, 0.1) is 12.7 Å². The molecule has 180 valence electrons. The molecule has 0 aliphatic rings. The summed E-state index contributed by atoms with van der Waals surface area (Å²) >= 11 is 0. The number of hydrogen-bond donors (Lipinski definition) is 1. The van der Waals surface area contributed by atoms with Gasteiger partial charge in [0.05, 0.1) is 23.0 Å². The lowest BCUT2D eigenvalue weighted by Gasteiger charge is -2.15. The van der Waals surface area contributed by atoms with Gasteiger partial charge in [-0.05, 0) is 73.2 Å². The molecule has 0 aliphatic carbocycles. The Morgan fingerprint density at radius 3 is 2.42 bits per heavy atom. The maximum Gasteiger partial charge on any atom is 0.417 e. The number of amides is 1. The van der Waals surface area contributed by atoms with E-state index in [0.717, 1.165) is 35.2 Å². The summed E-state index contributed by atoms with van der Waals surface area (Å²) < 4.78 is 56.3. The van der Waals surface area contributed by atoms with Crippen LogP contribution in [-0.2, 0) is 6.18 Å². The van der Waals surface area contributed by atoms with Crippen LogP contribution in [0.1, 0.15) is 21.6 Å². The summed E-state index contributed by atoms with van der Waals surface area (Å²) in [5.74, 6) is -1.49. The van der Waals surface area contributed by atoms with Crippen molar-refractivity contribution >= 4 is 17.2 Å². The second kappa shape index (κ2) is 8.92. The highest BCUT2D eigenvalue weighted by Crippen LogP contribution is 2.36. The van der Waals surface area contributed by atoms with Gasteiger partial charge < -0.3 is 5.32 Å². The summed E-state index contributed by atoms with van der Waals surface area (Å²) in [6.07, 6.45) is 0.418. The zero-order valence-electron chi connectivity index (χ0n) is 18.8. The van der Waals surface area contributed by atoms with E-state index in [0.29, 0.717) is 16.8 Å². The number of nitrogens with one attached hydrogen (secondary N) is 1. The smallest absolute Gasteiger partial charge is 0.322 e. The van der Waals surface area contributed by atoms with E-state index in [9.17, 15) is 22.4 Å². The fraction of sp³-hybridized carbons (Fsp3) is 0.0741. The van der Waals surface area contributed by atoms with Crippen molar-refractivity contribution in [2.24, 2.45) is 0 Å². The van der Waals surface area contributed by atoms with Gasteiger partial charge >= 0.3 is 6.18 Å². The van der Waals surface area contributed by atoms with Crippen molar-refractivity contribution in [1.82, 2.24) is 14.4 Å². The van der Waals surface area contributed by atoms with Gasteiger partial charge in [0, 0.05) is 34.9 Å². The Morgan fingerprint density at radius 1 is 0.944 bits per heavy atom. The van der Waals surface area contributed by atoms with Crippen molar-refractivity contribution in [3.63, 3.8) is 0 Å². The number of fused-ring (bicyclic) bond motifs is 1. The van der Waals surface area contributed by atoms with E-state index >= 15 is 0 Å². The van der Waals surface area contributed by atoms with Gasteiger partial charge in [-0.2, -0.15) is 13.2 Å². The Labute approximate surface area is 203 Å². The lowest BCUT2D eigenvalue weighted by molar-refractivity contribution is -0.137. The second-order valence-electron chi connectivity index (χ2n) is 8.11. The molecule has 0 saturated carbocycles. The Balaban J connectivity index is 1.61. The number of alkyl halides is 3. The Hall–Kier alpha value is -4.53. The third-order valence-electron chi connectivity index (χ3n) is 5.80. The number of aromatic nitrogens is 3. The molecule has 0 radical (unpaired) electrons. The molecule has 2 aromatic carbocycles. The predicted molar refractivity (Wildman–Crippen MR) is 128 cm³/mol. The minimum atomic E-state index is -4.75. The van der Waals surface area contributed by atoms with Crippen molar-refractivity contribution in [3.05, 3.63) is 108 Å². The monoisotopic (exact) mass is 490 g/mol. The Kier molecular flexibility index (Phi) is 5.75. The fourth-order valence-electron chi connectivity index (χ4n) is 4.07. The molecule has 0 atom stereocenters. The molecule has 0 spiro atoms. The molecule has 3 heterocycles. The van der Waals surface area contributed by atoms with Crippen molar-refractivity contribution < 1.29 is 22.4 Å². The molecular weight excluding hydrogens is 472 g/mol. The topological polar surface area (TPSA) is 59.3 Å². The van der Waals surface area contributed by atoms with Gasteiger partial charge in [-0.3, -0.25) is 14.2 Å². The molecule has 0 aliphatic heterocycles. The summed E-state index contributed by atoms with van der Waals surface area (Å²) in [5.41, 5.74) is 2.44. The molecular formula is C27H18F4N4O. The number of rotatable bonds is 4. The molecule has 3 aromatic heterocycles. The van der Waals surface area contributed by atoms with E-state index in [1.807, 2.05) is 23.5 Å². The summed E-state index contributed by atoms with van der Waals surface area (Å²) in [5, 5.41) is 2.41. The molecule has 5 aromatic rings. The number of nitrogens with zero attached hydrogens (tertiary/aromatic N) is 3. The van der Waals surface area contributed by atoms with Crippen molar-refractivity contribution in [3.8, 4) is 22.4 Å². The number of carbonyl (C=O) groups is 1. The molecule has 9 heteroatoms. The zero-order valence-corrected chi connectivity index (χ0v) is 18.8. The number of halogens is 4. The van der Waals surface area contributed by atoms with Crippen LogP contribution in [0.3, 0.4) is 0 Å². The minimum Gasteiger partial charge on any atom is -0.322 e. The number of imidazole rings is 1. The van der Waals surface area contributed by atoms with Crippen LogP contribution in [0.5, 0.6) is 0 Å². The quantitative estimate of drug-likeness (QED) is 0.283. The average molecular weight is 490 g/mol. The van der Waals surface area contributed by atoms with E-state index < -0.39 is 29.0 Å². The number of benzene rings is 2. The van der Waals surface area contributed by atoms with E-state index in [1.54, 1.807) is 30.7 Å². The first-order valence-corrected chi connectivity index (χ1v) is 10.9. The van der Waals surface area contributed by atoms with Crippen LogP contribution in [0.4, 0.5) is 23.2 Å². The van der Waals surface area contributed by atoms with Crippen molar-refractivity contribution in [1.29, 1.82) is 0 Å². The Bertz CT molecular complexity index is 1590. The summed E-state index contributed by atoms with van der Waals surface area (Å²) in [4.78, 5) is 21.7. The summed E-state index contributed by atoms with van der Waals surface area (Å²) in [6.45, 7) is 1.88. The van der Waals surface area contributed by atoms with Gasteiger partial charge in [0.25, 0.3) is 5.91 Å². The molecule has 36 heavy (non-hydrogen) atoms. The molecule has 1 amide bonds. The van der Waals surface area contributed by atoms with Crippen molar-refractivity contribution in [2.75, 3.05) is 5.32 Å². The maximum atomic E-state index is 13.8. The highest BCUT2D eigenvalue weighted by atomic mass is 19.4.